The van der Waals surface area contributed by atoms with Crippen LogP contribution in [0.4, 0.5) is 0 Å². The summed E-state index contributed by atoms with van der Waals surface area (Å²) >= 11 is 2.02. The summed E-state index contributed by atoms with van der Waals surface area (Å²) in [4.78, 5) is 4.49. The van der Waals surface area contributed by atoms with E-state index in [0.29, 0.717) is 6.04 Å². The van der Waals surface area contributed by atoms with Crippen molar-refractivity contribution in [2.24, 2.45) is 4.99 Å². The molecule has 0 aromatic carbocycles. The molecule has 2 aliphatic rings. The SMILES string of the molecule is CSC1CCCCC1NC1=NCCC1. The summed E-state index contributed by atoms with van der Waals surface area (Å²) in [5.41, 5.74) is 0. The highest BCUT2D eigenvalue weighted by molar-refractivity contribution is 7.99. The summed E-state index contributed by atoms with van der Waals surface area (Å²) < 4.78 is 0. The van der Waals surface area contributed by atoms with Crippen molar-refractivity contribution in [3.8, 4) is 0 Å². The molecule has 0 spiro atoms. The van der Waals surface area contributed by atoms with Crippen molar-refractivity contribution in [1.82, 2.24) is 5.32 Å². The number of aliphatic imine (C=N–C) groups is 1. The normalized spacial score (nSPS) is 32.8. The molecule has 1 fully saturated rings. The van der Waals surface area contributed by atoms with Crippen LogP contribution in [0.1, 0.15) is 38.5 Å². The minimum absolute atomic E-state index is 0.690. The van der Waals surface area contributed by atoms with Gasteiger partial charge in [0.25, 0.3) is 0 Å². The van der Waals surface area contributed by atoms with E-state index in [2.05, 4.69) is 16.6 Å². The van der Waals surface area contributed by atoms with Gasteiger partial charge < -0.3 is 5.32 Å². The maximum Gasteiger partial charge on any atom is 0.0966 e. The summed E-state index contributed by atoms with van der Waals surface area (Å²) in [6.07, 6.45) is 10.2. The Kier molecular flexibility index (Phi) is 3.74. The van der Waals surface area contributed by atoms with Gasteiger partial charge >= 0.3 is 0 Å². The van der Waals surface area contributed by atoms with E-state index in [4.69, 9.17) is 0 Å². The zero-order chi connectivity index (χ0) is 9.80. The zero-order valence-electron chi connectivity index (χ0n) is 8.96. The molecule has 1 heterocycles. The van der Waals surface area contributed by atoms with Gasteiger partial charge in [-0.1, -0.05) is 12.8 Å². The van der Waals surface area contributed by atoms with Crippen molar-refractivity contribution >= 4 is 17.6 Å². The number of nitrogens with zero attached hydrogens (tertiary/aromatic N) is 1. The molecule has 1 saturated carbocycles. The highest BCUT2D eigenvalue weighted by Crippen LogP contribution is 2.27. The molecule has 1 N–H and O–H groups in total. The Hall–Kier alpha value is -0.180. The number of nitrogens with one attached hydrogen (secondary N) is 1. The number of thioether (sulfide) groups is 1. The fraction of sp³-hybridized carbons (Fsp3) is 0.909. The second-order valence-electron chi connectivity index (χ2n) is 4.24. The van der Waals surface area contributed by atoms with E-state index in [1.807, 2.05) is 11.8 Å². The molecule has 3 heteroatoms. The van der Waals surface area contributed by atoms with Gasteiger partial charge in [0.05, 0.1) is 5.84 Å². The lowest BCUT2D eigenvalue weighted by molar-refractivity contribution is 0.424. The van der Waals surface area contributed by atoms with E-state index in [9.17, 15) is 0 Å². The van der Waals surface area contributed by atoms with Crippen LogP contribution in [0.3, 0.4) is 0 Å². The number of hydrogen-bond donors (Lipinski definition) is 1. The van der Waals surface area contributed by atoms with Gasteiger partial charge in [-0.15, -0.1) is 0 Å². The summed E-state index contributed by atoms with van der Waals surface area (Å²) in [5, 5.41) is 4.46. The molecule has 0 bridgehead atoms. The van der Waals surface area contributed by atoms with Gasteiger partial charge in [-0.2, -0.15) is 11.8 Å². The first-order valence-corrected chi connectivity index (χ1v) is 7.01. The molecule has 2 atom stereocenters. The van der Waals surface area contributed by atoms with Gasteiger partial charge in [-0.25, -0.2) is 0 Å². The van der Waals surface area contributed by atoms with Crippen molar-refractivity contribution in [3.05, 3.63) is 0 Å². The van der Waals surface area contributed by atoms with E-state index in [-0.39, 0.29) is 0 Å². The van der Waals surface area contributed by atoms with E-state index >= 15 is 0 Å². The smallest absolute Gasteiger partial charge is 0.0966 e. The van der Waals surface area contributed by atoms with Crippen LogP contribution in [-0.2, 0) is 0 Å². The molecular formula is C11H20N2S. The molecule has 0 amide bonds. The van der Waals surface area contributed by atoms with Crippen LogP contribution >= 0.6 is 11.8 Å². The van der Waals surface area contributed by atoms with E-state index in [1.165, 1.54) is 44.4 Å². The van der Waals surface area contributed by atoms with Crippen LogP contribution in [0.15, 0.2) is 4.99 Å². The molecule has 0 aromatic heterocycles. The summed E-state index contributed by atoms with van der Waals surface area (Å²) in [6.45, 7) is 1.04. The quantitative estimate of drug-likeness (QED) is 0.760. The average Bonchev–Trinajstić information content (AvgIpc) is 2.71. The third kappa shape index (κ3) is 2.44. The monoisotopic (exact) mass is 212 g/mol. The van der Waals surface area contributed by atoms with E-state index in [0.717, 1.165) is 11.8 Å². The van der Waals surface area contributed by atoms with Gasteiger partial charge in [-0.3, -0.25) is 4.99 Å². The molecule has 2 rings (SSSR count). The molecular weight excluding hydrogens is 192 g/mol. The Balaban J connectivity index is 1.87. The molecule has 1 aliphatic carbocycles. The van der Waals surface area contributed by atoms with Crippen LogP contribution in [0, 0.1) is 0 Å². The Labute approximate surface area is 90.9 Å². The van der Waals surface area contributed by atoms with Crippen molar-refractivity contribution in [2.45, 2.75) is 49.8 Å². The first-order valence-electron chi connectivity index (χ1n) is 5.73. The highest BCUT2D eigenvalue weighted by atomic mass is 32.2. The first-order chi connectivity index (χ1) is 6.90. The Morgan fingerprint density at radius 3 is 2.86 bits per heavy atom. The summed E-state index contributed by atoms with van der Waals surface area (Å²) in [5.74, 6) is 1.27. The van der Waals surface area contributed by atoms with Gasteiger partial charge in [-0.05, 0) is 25.5 Å². The molecule has 2 unspecified atom stereocenters. The van der Waals surface area contributed by atoms with Gasteiger partial charge in [0.1, 0.15) is 0 Å². The van der Waals surface area contributed by atoms with Crippen molar-refractivity contribution in [2.75, 3.05) is 12.8 Å². The molecule has 0 saturated heterocycles. The van der Waals surface area contributed by atoms with Crippen LogP contribution in [0.2, 0.25) is 0 Å². The van der Waals surface area contributed by atoms with Crippen molar-refractivity contribution in [1.29, 1.82) is 0 Å². The second-order valence-corrected chi connectivity index (χ2v) is 5.32. The maximum absolute atomic E-state index is 4.49. The number of hydrogen-bond acceptors (Lipinski definition) is 3. The van der Waals surface area contributed by atoms with Crippen LogP contribution in [-0.4, -0.2) is 29.9 Å². The summed E-state index contributed by atoms with van der Waals surface area (Å²) in [6, 6.07) is 0.690. The fourth-order valence-electron chi connectivity index (χ4n) is 2.42. The number of amidine groups is 1. The Morgan fingerprint density at radius 2 is 2.14 bits per heavy atom. The predicted molar refractivity (Wildman–Crippen MR) is 64.2 cm³/mol. The topological polar surface area (TPSA) is 24.4 Å². The van der Waals surface area contributed by atoms with Crippen molar-refractivity contribution < 1.29 is 0 Å². The standard InChI is InChI=1S/C11H20N2S/c1-14-10-6-3-2-5-9(10)13-11-7-4-8-12-11/h9-10H,2-8H2,1H3,(H,12,13). The Bertz CT molecular complexity index is 215. The molecule has 1 aliphatic heterocycles. The van der Waals surface area contributed by atoms with Crippen LogP contribution < -0.4 is 5.32 Å². The van der Waals surface area contributed by atoms with Gasteiger partial charge in [0.2, 0.25) is 0 Å². The lowest BCUT2D eigenvalue weighted by Crippen LogP contribution is -2.43. The predicted octanol–water partition coefficient (Wildman–Crippen LogP) is 2.44. The Morgan fingerprint density at radius 1 is 1.29 bits per heavy atom. The van der Waals surface area contributed by atoms with Crippen LogP contribution in [0.25, 0.3) is 0 Å². The lowest BCUT2D eigenvalue weighted by Gasteiger charge is -2.31. The number of rotatable bonds is 2. The van der Waals surface area contributed by atoms with Gasteiger partial charge in [0.15, 0.2) is 0 Å². The fourth-order valence-corrected chi connectivity index (χ4v) is 3.35. The third-order valence-corrected chi connectivity index (χ3v) is 4.40. The zero-order valence-corrected chi connectivity index (χ0v) is 9.78. The second kappa shape index (κ2) is 5.06. The average molecular weight is 212 g/mol. The molecule has 0 aromatic rings. The molecule has 80 valence electrons. The van der Waals surface area contributed by atoms with Crippen LogP contribution in [0.5, 0.6) is 0 Å². The molecule has 0 radical (unpaired) electrons. The lowest BCUT2D eigenvalue weighted by atomic mass is 9.95. The maximum atomic E-state index is 4.49. The highest BCUT2D eigenvalue weighted by Gasteiger charge is 2.25. The summed E-state index contributed by atoms with van der Waals surface area (Å²) in [7, 11) is 0. The van der Waals surface area contributed by atoms with Gasteiger partial charge in [0, 0.05) is 24.3 Å². The largest absolute Gasteiger partial charge is 0.370 e. The minimum Gasteiger partial charge on any atom is -0.370 e. The third-order valence-electron chi connectivity index (χ3n) is 3.23. The minimum atomic E-state index is 0.690. The van der Waals surface area contributed by atoms with Crippen molar-refractivity contribution in [3.63, 3.8) is 0 Å². The molecule has 2 nitrogen and oxygen atoms in total. The van der Waals surface area contributed by atoms with E-state index < -0.39 is 0 Å². The van der Waals surface area contributed by atoms with E-state index in [1.54, 1.807) is 0 Å². The molecule has 14 heavy (non-hydrogen) atoms. The first kappa shape index (κ1) is 10.3.